The third-order valence-electron chi connectivity index (χ3n) is 5.33. The van der Waals surface area contributed by atoms with Crippen LogP contribution in [-0.4, -0.2) is 53.4 Å². The molecule has 0 N–H and O–H groups in total. The summed E-state index contributed by atoms with van der Waals surface area (Å²) in [5.41, 5.74) is 3.50. The molecule has 8 nitrogen and oxygen atoms in total. The lowest BCUT2D eigenvalue weighted by molar-refractivity contribution is -0.142. The van der Waals surface area contributed by atoms with E-state index in [-0.39, 0.29) is 30.6 Å². The van der Waals surface area contributed by atoms with Crippen LogP contribution in [0.15, 0.2) is 36.9 Å². The summed E-state index contributed by atoms with van der Waals surface area (Å²) in [6.07, 6.45) is 0.186. The number of Topliss-reactive ketones (excluding diaryl/α,β-unsaturated/α-hetero) is 1. The summed E-state index contributed by atoms with van der Waals surface area (Å²) >= 11 is 0. The van der Waals surface area contributed by atoms with E-state index in [2.05, 4.69) is 11.3 Å². The molecule has 2 heterocycles. The maximum Gasteiger partial charge on any atom is 0.326 e. The summed E-state index contributed by atoms with van der Waals surface area (Å²) in [7, 11) is 1.32. The molecule has 0 saturated heterocycles. The van der Waals surface area contributed by atoms with Gasteiger partial charge in [0.05, 0.1) is 13.5 Å². The Kier molecular flexibility index (Phi) is 6.39. The number of methoxy groups -OCH3 is 1. The average molecular weight is 424 g/mol. The number of fused-ring (bicyclic) bond motifs is 1. The summed E-state index contributed by atoms with van der Waals surface area (Å²) in [5, 5.41) is 0. The Morgan fingerprint density at radius 3 is 2.39 bits per heavy atom. The number of hydrogen-bond acceptors (Lipinski definition) is 6. The van der Waals surface area contributed by atoms with Gasteiger partial charge in [0.15, 0.2) is 6.61 Å². The highest BCUT2D eigenvalue weighted by molar-refractivity contribution is 6.10. The van der Waals surface area contributed by atoms with E-state index in [1.54, 1.807) is 37.3 Å². The molecule has 1 aromatic heterocycles. The maximum absolute atomic E-state index is 12.6. The third kappa shape index (κ3) is 4.42. The van der Waals surface area contributed by atoms with Crippen molar-refractivity contribution in [3.63, 3.8) is 0 Å². The van der Waals surface area contributed by atoms with Crippen LogP contribution in [0, 0.1) is 13.8 Å². The molecule has 1 aromatic carbocycles. The van der Waals surface area contributed by atoms with Crippen molar-refractivity contribution < 1.29 is 28.7 Å². The first kappa shape index (κ1) is 22.0. The zero-order valence-corrected chi connectivity index (χ0v) is 17.8. The minimum atomic E-state index is -0.699. The van der Waals surface area contributed by atoms with E-state index in [1.807, 2.05) is 11.5 Å². The van der Waals surface area contributed by atoms with Crippen LogP contribution < -0.4 is 0 Å². The molecular weight excluding hydrogens is 400 g/mol. The number of ether oxygens (including phenoxy) is 2. The van der Waals surface area contributed by atoms with E-state index in [0.29, 0.717) is 34.6 Å². The largest absolute Gasteiger partial charge is 0.469 e. The van der Waals surface area contributed by atoms with Gasteiger partial charge in [-0.15, -0.1) is 0 Å². The fraction of sp³-hybridized carbons (Fsp3) is 0.304. The van der Waals surface area contributed by atoms with Crippen molar-refractivity contribution in [2.45, 2.75) is 26.8 Å². The first-order chi connectivity index (χ1) is 14.7. The van der Waals surface area contributed by atoms with E-state index in [1.165, 1.54) is 12.0 Å². The summed E-state index contributed by atoms with van der Waals surface area (Å²) < 4.78 is 11.6. The Balaban J connectivity index is 1.59. The van der Waals surface area contributed by atoms with Gasteiger partial charge < -0.3 is 14.0 Å². The van der Waals surface area contributed by atoms with Crippen molar-refractivity contribution in [3.8, 4) is 0 Å². The predicted octanol–water partition coefficient (Wildman–Crippen LogP) is 2.52. The van der Waals surface area contributed by atoms with Gasteiger partial charge in [0.25, 0.3) is 5.91 Å². The topological polar surface area (TPSA) is 94.9 Å². The Bertz CT molecular complexity index is 1050. The summed E-state index contributed by atoms with van der Waals surface area (Å²) in [5.74, 6) is -1.72. The van der Waals surface area contributed by atoms with Crippen LogP contribution in [0.3, 0.4) is 0 Å². The molecule has 0 fully saturated rings. The van der Waals surface area contributed by atoms with Crippen LogP contribution in [0.1, 0.15) is 44.1 Å². The summed E-state index contributed by atoms with van der Waals surface area (Å²) in [4.78, 5) is 50.0. The highest BCUT2D eigenvalue weighted by atomic mass is 16.5. The fourth-order valence-corrected chi connectivity index (χ4v) is 3.63. The first-order valence-corrected chi connectivity index (χ1v) is 9.77. The van der Waals surface area contributed by atoms with Gasteiger partial charge in [0.2, 0.25) is 5.78 Å². The van der Waals surface area contributed by atoms with Crippen molar-refractivity contribution in [1.29, 1.82) is 0 Å². The molecule has 1 aliphatic rings. The zero-order valence-electron chi connectivity index (χ0n) is 17.8. The number of benzene rings is 1. The number of aromatic nitrogens is 1. The number of aryl methyl sites for hydroxylation is 1. The van der Waals surface area contributed by atoms with E-state index in [4.69, 9.17) is 4.74 Å². The predicted molar refractivity (Wildman–Crippen MR) is 112 cm³/mol. The molecule has 1 amide bonds. The summed E-state index contributed by atoms with van der Waals surface area (Å²) in [6, 6.07) is 8.67. The van der Waals surface area contributed by atoms with Gasteiger partial charge in [-0.05, 0) is 26.0 Å². The van der Waals surface area contributed by atoms with Crippen molar-refractivity contribution in [2.75, 3.05) is 20.3 Å². The Morgan fingerprint density at radius 2 is 1.74 bits per heavy atom. The molecule has 162 valence electrons. The molecule has 0 bridgehead atoms. The molecule has 31 heavy (non-hydrogen) atoms. The number of esters is 2. The van der Waals surface area contributed by atoms with Crippen molar-refractivity contribution >= 4 is 29.3 Å². The number of carbonyl (C=O) groups excluding carboxylic acids is 4. The number of hydrogen-bond donors (Lipinski definition) is 0. The Hall–Kier alpha value is -3.68. The van der Waals surface area contributed by atoms with Gasteiger partial charge in [0.1, 0.15) is 6.54 Å². The van der Waals surface area contributed by atoms with Crippen LogP contribution in [0.4, 0.5) is 0 Å². The van der Waals surface area contributed by atoms with Crippen molar-refractivity contribution in [3.05, 3.63) is 65.0 Å². The number of ketones is 1. The standard InChI is InChI=1S/C23H24N2O6/c1-14-11-19(16(3)24(14)10-9-21(27)30-4)20(26)13-31-22(28)12-25-15(2)17-7-5-6-8-18(17)23(25)29/h5-8,11H,2,9-10,12-13H2,1,3-4H3. The van der Waals surface area contributed by atoms with E-state index < -0.39 is 12.6 Å². The zero-order chi connectivity index (χ0) is 22.7. The number of carbonyl (C=O) groups is 4. The van der Waals surface area contributed by atoms with Gasteiger partial charge >= 0.3 is 11.9 Å². The quantitative estimate of drug-likeness (QED) is 0.477. The molecule has 0 unspecified atom stereocenters. The third-order valence-corrected chi connectivity index (χ3v) is 5.33. The number of nitrogens with zero attached hydrogens (tertiary/aromatic N) is 2. The Labute approximate surface area is 180 Å². The summed E-state index contributed by atoms with van der Waals surface area (Å²) in [6.45, 7) is 7.10. The number of amides is 1. The maximum atomic E-state index is 12.6. The molecule has 0 radical (unpaired) electrons. The molecule has 0 spiro atoms. The van der Waals surface area contributed by atoms with E-state index in [9.17, 15) is 19.2 Å². The molecule has 3 rings (SSSR count). The smallest absolute Gasteiger partial charge is 0.326 e. The van der Waals surface area contributed by atoms with Gasteiger partial charge in [-0.2, -0.15) is 0 Å². The van der Waals surface area contributed by atoms with E-state index >= 15 is 0 Å². The van der Waals surface area contributed by atoms with E-state index in [0.717, 1.165) is 5.69 Å². The minimum Gasteiger partial charge on any atom is -0.469 e. The average Bonchev–Trinajstić information content (AvgIpc) is 3.18. The lowest BCUT2D eigenvalue weighted by atomic mass is 10.1. The minimum absolute atomic E-state index is 0.186. The molecule has 1 aliphatic heterocycles. The second-order valence-corrected chi connectivity index (χ2v) is 7.23. The van der Waals surface area contributed by atoms with Gasteiger partial charge in [0, 0.05) is 40.3 Å². The second kappa shape index (κ2) is 8.99. The van der Waals surface area contributed by atoms with Crippen LogP contribution in [-0.2, 0) is 25.6 Å². The van der Waals surface area contributed by atoms with Crippen molar-refractivity contribution in [1.82, 2.24) is 9.47 Å². The van der Waals surface area contributed by atoms with Gasteiger partial charge in [-0.1, -0.05) is 24.8 Å². The lowest BCUT2D eigenvalue weighted by Gasteiger charge is -2.16. The first-order valence-electron chi connectivity index (χ1n) is 9.77. The Morgan fingerprint density at radius 1 is 1.06 bits per heavy atom. The van der Waals surface area contributed by atoms with Gasteiger partial charge in [-0.25, -0.2) is 0 Å². The molecule has 0 saturated carbocycles. The molecule has 0 atom stereocenters. The SMILES string of the molecule is C=C1c2ccccc2C(=O)N1CC(=O)OCC(=O)c1cc(C)n(CCC(=O)OC)c1C. The van der Waals surface area contributed by atoms with Crippen molar-refractivity contribution in [2.24, 2.45) is 0 Å². The van der Waals surface area contributed by atoms with Crippen LogP contribution in [0.5, 0.6) is 0 Å². The molecular formula is C23H24N2O6. The van der Waals surface area contributed by atoms with Crippen LogP contribution in [0.25, 0.3) is 5.70 Å². The van der Waals surface area contributed by atoms with Crippen LogP contribution >= 0.6 is 0 Å². The fourth-order valence-electron chi connectivity index (χ4n) is 3.63. The highest BCUT2D eigenvalue weighted by Gasteiger charge is 2.32. The highest BCUT2D eigenvalue weighted by Crippen LogP contribution is 2.30. The van der Waals surface area contributed by atoms with Gasteiger partial charge in [-0.3, -0.25) is 24.1 Å². The molecule has 8 heteroatoms. The molecule has 2 aromatic rings. The second-order valence-electron chi connectivity index (χ2n) is 7.23. The van der Waals surface area contributed by atoms with Crippen LogP contribution in [0.2, 0.25) is 0 Å². The normalized spacial score (nSPS) is 12.7. The lowest BCUT2D eigenvalue weighted by Crippen LogP contribution is -2.31. The molecule has 0 aliphatic carbocycles. The number of rotatable bonds is 8. The monoisotopic (exact) mass is 424 g/mol.